The number of unbranched alkanes of at least 4 members (excludes halogenated alkanes) is 1. The van der Waals surface area contributed by atoms with Crippen molar-refractivity contribution in [3.05, 3.63) is 54.0 Å². The van der Waals surface area contributed by atoms with Crippen LogP contribution in [-0.2, 0) is 20.8 Å². The van der Waals surface area contributed by atoms with Crippen molar-refractivity contribution < 1.29 is 14.3 Å². The molecular weight excluding hydrogens is 456 g/mol. The average Bonchev–Trinajstić information content (AvgIpc) is 3.33. The number of methoxy groups -OCH3 is 1. The first kappa shape index (κ1) is 26.1. The van der Waals surface area contributed by atoms with Crippen molar-refractivity contribution in [1.82, 2.24) is 24.8 Å². The van der Waals surface area contributed by atoms with Crippen molar-refractivity contribution in [3.63, 3.8) is 0 Å². The van der Waals surface area contributed by atoms with Gasteiger partial charge in [-0.3, -0.25) is 14.6 Å². The highest BCUT2D eigenvalue weighted by atomic mass is 16.5. The summed E-state index contributed by atoms with van der Waals surface area (Å²) in [5.74, 6) is 0.706. The second-order valence-corrected chi connectivity index (χ2v) is 9.32. The number of anilines is 1. The van der Waals surface area contributed by atoms with Gasteiger partial charge < -0.3 is 19.8 Å². The summed E-state index contributed by atoms with van der Waals surface area (Å²) < 4.78 is 10.4. The Hall–Kier alpha value is -3.01. The monoisotopic (exact) mass is 494 g/mol. The first-order valence-corrected chi connectivity index (χ1v) is 12.9. The second kappa shape index (κ2) is 13.3. The number of hydrogen-bond acceptors (Lipinski definition) is 8. The van der Waals surface area contributed by atoms with Crippen molar-refractivity contribution in [2.45, 2.75) is 38.8 Å². The SMILES string of the molecule is COC(=O)CCCCOCCN1CCN(Cc2cc3c(NC(C)c4ccccc4)ncnc3[nH]2)CC1. The molecule has 0 spiro atoms. The first-order chi connectivity index (χ1) is 17.6. The van der Waals surface area contributed by atoms with Gasteiger partial charge in [-0.05, 0) is 31.4 Å². The Morgan fingerprint density at radius 1 is 1.08 bits per heavy atom. The maximum Gasteiger partial charge on any atom is 0.305 e. The number of carbonyl (C=O) groups excluding carboxylic acids is 1. The maximum absolute atomic E-state index is 11.1. The molecule has 0 bridgehead atoms. The molecule has 1 unspecified atom stereocenters. The zero-order chi connectivity index (χ0) is 25.2. The van der Waals surface area contributed by atoms with Crippen LogP contribution in [0.3, 0.4) is 0 Å². The Bertz CT molecular complexity index is 1080. The molecule has 2 N–H and O–H groups in total. The van der Waals surface area contributed by atoms with Crippen molar-refractivity contribution >= 4 is 22.8 Å². The van der Waals surface area contributed by atoms with Crippen LogP contribution in [0.15, 0.2) is 42.7 Å². The highest BCUT2D eigenvalue weighted by Crippen LogP contribution is 2.25. The minimum Gasteiger partial charge on any atom is -0.469 e. The number of aromatic nitrogens is 3. The molecule has 1 aromatic carbocycles. The summed E-state index contributed by atoms with van der Waals surface area (Å²) >= 11 is 0. The Morgan fingerprint density at radius 3 is 2.64 bits per heavy atom. The Labute approximate surface area is 213 Å². The first-order valence-electron chi connectivity index (χ1n) is 12.9. The summed E-state index contributed by atoms with van der Waals surface area (Å²) in [7, 11) is 1.43. The van der Waals surface area contributed by atoms with Crippen LogP contribution in [0.5, 0.6) is 0 Å². The number of carbonyl (C=O) groups is 1. The molecule has 2 aromatic heterocycles. The molecule has 4 rings (SSSR count). The lowest BCUT2D eigenvalue weighted by Crippen LogP contribution is -2.46. The summed E-state index contributed by atoms with van der Waals surface area (Å²) in [6.07, 6.45) is 3.78. The van der Waals surface area contributed by atoms with Crippen LogP contribution in [0.2, 0.25) is 0 Å². The van der Waals surface area contributed by atoms with Gasteiger partial charge >= 0.3 is 5.97 Å². The number of rotatable bonds is 13. The lowest BCUT2D eigenvalue weighted by Gasteiger charge is -2.34. The molecule has 9 nitrogen and oxygen atoms in total. The number of hydrogen-bond donors (Lipinski definition) is 2. The van der Waals surface area contributed by atoms with E-state index < -0.39 is 0 Å². The van der Waals surface area contributed by atoms with E-state index in [0.29, 0.717) is 13.0 Å². The van der Waals surface area contributed by atoms with Gasteiger partial charge in [0.2, 0.25) is 0 Å². The predicted octanol–water partition coefficient (Wildman–Crippen LogP) is 3.61. The number of esters is 1. The van der Waals surface area contributed by atoms with Gasteiger partial charge in [0.15, 0.2) is 0 Å². The number of nitrogens with one attached hydrogen (secondary N) is 2. The minimum absolute atomic E-state index is 0.150. The molecular formula is C27H38N6O3. The van der Waals surface area contributed by atoms with Crippen molar-refractivity contribution in [3.8, 4) is 0 Å². The number of piperazine rings is 1. The predicted molar refractivity (Wildman–Crippen MR) is 141 cm³/mol. The van der Waals surface area contributed by atoms with Crippen LogP contribution in [-0.4, -0.2) is 83.8 Å². The molecule has 1 atom stereocenters. The van der Waals surface area contributed by atoms with Crippen molar-refractivity contribution in [2.24, 2.45) is 0 Å². The standard InChI is InChI=1S/C27H38N6O3/c1-21(22-8-4-3-5-9-22)30-26-24-18-23(31-27(24)29-20-28-26)19-33-13-11-32(12-14-33)15-17-36-16-7-6-10-25(34)35-2/h3-5,8-9,18,20-21H,6-7,10-17,19H2,1-2H3,(H2,28,29,30,31). The van der Waals surface area contributed by atoms with E-state index >= 15 is 0 Å². The Kier molecular flexibility index (Phi) is 9.66. The third-order valence-corrected chi connectivity index (χ3v) is 6.69. The quantitative estimate of drug-likeness (QED) is 0.275. The zero-order valence-electron chi connectivity index (χ0n) is 21.4. The fraction of sp³-hybridized carbons (Fsp3) is 0.519. The zero-order valence-corrected chi connectivity index (χ0v) is 21.4. The Balaban J connectivity index is 1.19. The molecule has 1 fully saturated rings. The molecule has 0 saturated carbocycles. The highest BCUT2D eigenvalue weighted by Gasteiger charge is 2.18. The number of nitrogens with zero attached hydrogens (tertiary/aromatic N) is 4. The van der Waals surface area contributed by atoms with E-state index in [1.807, 2.05) is 6.07 Å². The summed E-state index contributed by atoms with van der Waals surface area (Å²) in [5, 5.41) is 4.57. The third kappa shape index (κ3) is 7.49. The Morgan fingerprint density at radius 2 is 1.86 bits per heavy atom. The smallest absolute Gasteiger partial charge is 0.305 e. The lowest BCUT2D eigenvalue weighted by molar-refractivity contribution is -0.140. The maximum atomic E-state index is 11.1. The molecule has 0 amide bonds. The second-order valence-electron chi connectivity index (χ2n) is 9.32. The molecule has 1 aliphatic rings. The van der Waals surface area contributed by atoms with E-state index in [9.17, 15) is 4.79 Å². The molecule has 3 aromatic rings. The largest absolute Gasteiger partial charge is 0.469 e. The van der Waals surface area contributed by atoms with Gasteiger partial charge in [0.05, 0.1) is 19.1 Å². The number of aromatic amines is 1. The molecule has 9 heteroatoms. The van der Waals surface area contributed by atoms with Crippen LogP contribution in [0.1, 0.15) is 43.5 Å². The van der Waals surface area contributed by atoms with E-state index in [1.165, 1.54) is 12.7 Å². The van der Waals surface area contributed by atoms with Crippen LogP contribution in [0.25, 0.3) is 11.0 Å². The van der Waals surface area contributed by atoms with Gasteiger partial charge in [-0.25, -0.2) is 9.97 Å². The van der Waals surface area contributed by atoms with Gasteiger partial charge in [-0.2, -0.15) is 0 Å². The highest BCUT2D eigenvalue weighted by molar-refractivity contribution is 5.87. The van der Waals surface area contributed by atoms with E-state index in [4.69, 9.17) is 4.74 Å². The van der Waals surface area contributed by atoms with Gasteiger partial charge in [0.1, 0.15) is 17.8 Å². The van der Waals surface area contributed by atoms with E-state index in [-0.39, 0.29) is 12.0 Å². The molecule has 0 radical (unpaired) electrons. The van der Waals surface area contributed by atoms with Gasteiger partial charge in [-0.1, -0.05) is 30.3 Å². The number of H-pyrrole nitrogens is 1. The third-order valence-electron chi connectivity index (χ3n) is 6.69. The van der Waals surface area contributed by atoms with E-state index in [1.54, 1.807) is 6.33 Å². The van der Waals surface area contributed by atoms with Crippen LogP contribution < -0.4 is 5.32 Å². The number of benzene rings is 1. The molecule has 1 saturated heterocycles. The summed E-state index contributed by atoms with van der Waals surface area (Å²) in [6, 6.07) is 12.7. The van der Waals surface area contributed by atoms with Crippen molar-refractivity contribution in [2.75, 3.05) is 58.4 Å². The summed E-state index contributed by atoms with van der Waals surface area (Å²) in [6.45, 7) is 9.51. The number of ether oxygens (including phenoxy) is 2. The fourth-order valence-corrected chi connectivity index (χ4v) is 4.51. The molecule has 3 heterocycles. The van der Waals surface area contributed by atoms with E-state index in [0.717, 1.165) is 81.3 Å². The van der Waals surface area contributed by atoms with Gasteiger partial charge in [0, 0.05) is 64.0 Å². The van der Waals surface area contributed by atoms with Gasteiger partial charge in [0.25, 0.3) is 0 Å². The summed E-state index contributed by atoms with van der Waals surface area (Å²) in [4.78, 5) is 28.5. The average molecular weight is 495 g/mol. The lowest BCUT2D eigenvalue weighted by atomic mass is 10.1. The molecule has 0 aliphatic carbocycles. The van der Waals surface area contributed by atoms with Crippen LogP contribution in [0, 0.1) is 0 Å². The molecule has 194 valence electrons. The molecule has 36 heavy (non-hydrogen) atoms. The van der Waals surface area contributed by atoms with Crippen LogP contribution in [0.4, 0.5) is 5.82 Å². The van der Waals surface area contributed by atoms with E-state index in [2.05, 4.69) is 72.1 Å². The van der Waals surface area contributed by atoms with Gasteiger partial charge in [-0.15, -0.1) is 0 Å². The fourth-order valence-electron chi connectivity index (χ4n) is 4.51. The number of fused-ring (bicyclic) bond motifs is 1. The van der Waals surface area contributed by atoms with Crippen LogP contribution >= 0.6 is 0 Å². The normalized spacial score (nSPS) is 15.7. The summed E-state index contributed by atoms with van der Waals surface area (Å²) in [5.41, 5.74) is 3.25. The molecule has 1 aliphatic heterocycles. The topological polar surface area (TPSA) is 95.6 Å². The van der Waals surface area contributed by atoms with Crippen molar-refractivity contribution in [1.29, 1.82) is 0 Å². The minimum atomic E-state index is -0.150.